The lowest BCUT2D eigenvalue weighted by molar-refractivity contribution is 0.0802. The van der Waals surface area contributed by atoms with Crippen molar-refractivity contribution in [3.63, 3.8) is 0 Å². The number of carbonyl (C=O) groups excluding carboxylic acids is 1. The number of likely N-dealkylation sites (tertiary alicyclic amines) is 1. The zero-order chi connectivity index (χ0) is 18.0. The monoisotopic (exact) mass is 340 g/mol. The summed E-state index contributed by atoms with van der Waals surface area (Å²) in [5.74, 6) is -0.329. The van der Waals surface area contributed by atoms with E-state index in [4.69, 9.17) is 5.11 Å². The number of nitrogens with zero attached hydrogens (tertiary/aromatic N) is 1. The van der Waals surface area contributed by atoms with Crippen molar-refractivity contribution in [1.82, 2.24) is 10.2 Å². The van der Waals surface area contributed by atoms with Gasteiger partial charge in [-0.25, -0.2) is 13.6 Å². The second-order valence-electron chi connectivity index (χ2n) is 7.80. The highest BCUT2D eigenvalue weighted by molar-refractivity contribution is 5.75. The van der Waals surface area contributed by atoms with Gasteiger partial charge in [0, 0.05) is 13.0 Å². The standard InChI is InChI=1S/C18H26F2N2O2/c1-17(2,3)10-15(13-4-6-14(19)7-5-13)21-16(24)22-9-8-18(20,11-22)12-23/h4-7,15,23H,8-12H2,1-3H3,(H,21,24)/t15-,18+/m0/s1. The van der Waals surface area contributed by atoms with E-state index in [2.05, 4.69) is 26.1 Å². The summed E-state index contributed by atoms with van der Waals surface area (Å²) in [6, 6.07) is 5.40. The summed E-state index contributed by atoms with van der Waals surface area (Å²) in [5, 5.41) is 12.0. The van der Waals surface area contributed by atoms with Crippen molar-refractivity contribution in [2.24, 2.45) is 5.41 Å². The highest BCUT2D eigenvalue weighted by atomic mass is 19.1. The maximum absolute atomic E-state index is 14.1. The fourth-order valence-corrected chi connectivity index (χ4v) is 2.94. The number of aliphatic hydroxyl groups is 1. The molecule has 1 aliphatic rings. The molecule has 1 aromatic rings. The Morgan fingerprint density at radius 3 is 2.50 bits per heavy atom. The zero-order valence-electron chi connectivity index (χ0n) is 14.5. The fraction of sp³-hybridized carbons (Fsp3) is 0.611. The first kappa shape index (κ1) is 18.6. The van der Waals surface area contributed by atoms with Crippen LogP contribution >= 0.6 is 0 Å². The summed E-state index contributed by atoms with van der Waals surface area (Å²) in [6.07, 6.45) is 0.802. The average Bonchev–Trinajstić information content (AvgIpc) is 2.89. The molecule has 0 aliphatic carbocycles. The number of benzene rings is 1. The molecule has 2 rings (SSSR count). The lowest BCUT2D eigenvalue weighted by Gasteiger charge is -2.29. The molecule has 0 aromatic heterocycles. The molecule has 0 radical (unpaired) electrons. The van der Waals surface area contributed by atoms with Gasteiger partial charge < -0.3 is 15.3 Å². The summed E-state index contributed by atoms with van der Waals surface area (Å²) < 4.78 is 27.3. The molecular formula is C18H26F2N2O2. The summed E-state index contributed by atoms with van der Waals surface area (Å²) in [6.45, 7) is 5.76. The van der Waals surface area contributed by atoms with E-state index in [9.17, 15) is 13.6 Å². The Bertz CT molecular complexity index is 571. The van der Waals surface area contributed by atoms with E-state index in [1.165, 1.54) is 17.0 Å². The van der Waals surface area contributed by atoms with Gasteiger partial charge in [-0.15, -0.1) is 0 Å². The first-order valence-corrected chi connectivity index (χ1v) is 8.23. The van der Waals surface area contributed by atoms with E-state index < -0.39 is 12.3 Å². The van der Waals surface area contributed by atoms with E-state index in [-0.39, 0.29) is 42.8 Å². The van der Waals surface area contributed by atoms with E-state index in [0.29, 0.717) is 6.42 Å². The van der Waals surface area contributed by atoms with E-state index in [1.807, 2.05) is 0 Å². The van der Waals surface area contributed by atoms with Gasteiger partial charge in [0.25, 0.3) is 0 Å². The topological polar surface area (TPSA) is 52.6 Å². The second kappa shape index (κ2) is 7.05. The predicted octanol–water partition coefficient (Wildman–Crippen LogP) is 3.42. The lowest BCUT2D eigenvalue weighted by atomic mass is 9.85. The minimum Gasteiger partial charge on any atom is -0.393 e. The van der Waals surface area contributed by atoms with Gasteiger partial charge in [-0.05, 0) is 29.5 Å². The summed E-state index contributed by atoms with van der Waals surface area (Å²) in [4.78, 5) is 13.9. The van der Waals surface area contributed by atoms with Crippen LogP contribution in [-0.2, 0) is 0 Å². The molecule has 2 atom stereocenters. The minimum atomic E-state index is -1.72. The van der Waals surface area contributed by atoms with Crippen LogP contribution < -0.4 is 5.32 Å². The van der Waals surface area contributed by atoms with Crippen molar-refractivity contribution < 1.29 is 18.7 Å². The molecule has 1 aromatic carbocycles. The van der Waals surface area contributed by atoms with Crippen molar-refractivity contribution in [2.75, 3.05) is 19.7 Å². The third-order valence-electron chi connectivity index (χ3n) is 4.26. The molecule has 1 heterocycles. The third-order valence-corrected chi connectivity index (χ3v) is 4.26. The number of hydrogen-bond donors (Lipinski definition) is 2. The van der Waals surface area contributed by atoms with Crippen LogP contribution in [0.5, 0.6) is 0 Å². The fourth-order valence-electron chi connectivity index (χ4n) is 2.94. The highest BCUT2D eigenvalue weighted by Crippen LogP contribution is 2.31. The number of rotatable bonds is 4. The number of hydrogen-bond acceptors (Lipinski definition) is 2. The van der Waals surface area contributed by atoms with E-state index >= 15 is 0 Å². The molecule has 0 spiro atoms. The van der Waals surface area contributed by atoms with Crippen molar-refractivity contribution in [1.29, 1.82) is 0 Å². The van der Waals surface area contributed by atoms with Crippen LogP contribution in [0.2, 0.25) is 0 Å². The molecule has 0 bridgehead atoms. The predicted molar refractivity (Wildman–Crippen MR) is 88.9 cm³/mol. The van der Waals surface area contributed by atoms with Crippen LogP contribution in [0.4, 0.5) is 13.6 Å². The van der Waals surface area contributed by atoms with Crippen LogP contribution in [0.1, 0.15) is 45.2 Å². The van der Waals surface area contributed by atoms with Gasteiger partial charge in [-0.2, -0.15) is 0 Å². The minimum absolute atomic E-state index is 0.0493. The molecule has 4 nitrogen and oxygen atoms in total. The molecule has 0 unspecified atom stereocenters. The largest absolute Gasteiger partial charge is 0.393 e. The number of aliphatic hydroxyl groups excluding tert-OH is 1. The maximum atomic E-state index is 14.1. The Kier molecular flexibility index (Phi) is 5.48. The maximum Gasteiger partial charge on any atom is 0.317 e. The van der Waals surface area contributed by atoms with Crippen LogP contribution in [0, 0.1) is 11.2 Å². The summed E-state index contributed by atoms with van der Waals surface area (Å²) >= 11 is 0. The quantitative estimate of drug-likeness (QED) is 0.882. The van der Waals surface area contributed by atoms with E-state index in [1.54, 1.807) is 12.1 Å². The number of halogens is 2. The Morgan fingerprint density at radius 1 is 1.38 bits per heavy atom. The molecule has 2 amide bonds. The van der Waals surface area contributed by atoms with Gasteiger partial charge in [-0.3, -0.25) is 0 Å². The second-order valence-corrected chi connectivity index (χ2v) is 7.80. The number of alkyl halides is 1. The molecule has 1 fully saturated rings. The molecule has 0 saturated carbocycles. The number of amides is 2. The Labute approximate surface area is 141 Å². The zero-order valence-corrected chi connectivity index (χ0v) is 14.5. The van der Waals surface area contributed by atoms with Gasteiger partial charge >= 0.3 is 6.03 Å². The molecular weight excluding hydrogens is 314 g/mol. The Balaban J connectivity index is 2.10. The molecule has 134 valence electrons. The summed E-state index contributed by atoms with van der Waals surface area (Å²) in [5.41, 5.74) is -0.952. The van der Waals surface area contributed by atoms with Crippen LogP contribution in [0.15, 0.2) is 24.3 Å². The van der Waals surface area contributed by atoms with Gasteiger partial charge in [0.2, 0.25) is 0 Å². The van der Waals surface area contributed by atoms with Crippen molar-refractivity contribution in [3.05, 3.63) is 35.6 Å². The molecule has 24 heavy (non-hydrogen) atoms. The van der Waals surface area contributed by atoms with Crippen LogP contribution in [-0.4, -0.2) is 41.4 Å². The number of nitrogens with one attached hydrogen (secondary N) is 1. The SMILES string of the molecule is CC(C)(C)C[C@H](NC(=O)N1CC[C@](F)(CO)C1)c1ccc(F)cc1. The first-order chi connectivity index (χ1) is 11.1. The molecule has 2 N–H and O–H groups in total. The van der Waals surface area contributed by atoms with Crippen molar-refractivity contribution >= 4 is 6.03 Å². The van der Waals surface area contributed by atoms with Gasteiger partial charge in [0.05, 0.1) is 19.2 Å². The average molecular weight is 340 g/mol. The molecule has 6 heteroatoms. The smallest absolute Gasteiger partial charge is 0.317 e. The van der Waals surface area contributed by atoms with Gasteiger partial charge in [-0.1, -0.05) is 32.9 Å². The Hall–Kier alpha value is -1.69. The van der Waals surface area contributed by atoms with Crippen LogP contribution in [0.25, 0.3) is 0 Å². The highest BCUT2D eigenvalue weighted by Gasteiger charge is 2.40. The lowest BCUT2D eigenvalue weighted by Crippen LogP contribution is -2.43. The molecule has 1 saturated heterocycles. The molecule has 1 aliphatic heterocycles. The van der Waals surface area contributed by atoms with E-state index in [0.717, 1.165) is 5.56 Å². The van der Waals surface area contributed by atoms with Gasteiger partial charge in [0.15, 0.2) is 5.67 Å². The van der Waals surface area contributed by atoms with Crippen molar-refractivity contribution in [3.8, 4) is 0 Å². The third kappa shape index (κ3) is 4.90. The number of carbonyl (C=O) groups is 1. The summed E-state index contributed by atoms with van der Waals surface area (Å²) in [7, 11) is 0. The Morgan fingerprint density at radius 2 is 2.00 bits per heavy atom. The number of urea groups is 1. The van der Waals surface area contributed by atoms with Crippen LogP contribution in [0.3, 0.4) is 0 Å². The van der Waals surface area contributed by atoms with Crippen molar-refractivity contribution in [2.45, 2.75) is 45.3 Å². The normalized spacial score (nSPS) is 22.5. The first-order valence-electron chi connectivity index (χ1n) is 8.23. The van der Waals surface area contributed by atoms with Gasteiger partial charge in [0.1, 0.15) is 5.82 Å².